The molecule has 0 N–H and O–H groups in total. The summed E-state index contributed by atoms with van der Waals surface area (Å²) in [6.07, 6.45) is 0.0275. The number of piperidine rings is 1. The monoisotopic (exact) mass is 589 g/mol. The maximum absolute atomic E-state index is 14.1. The average molecular weight is 590 g/mol. The third-order valence-electron chi connectivity index (χ3n) is 8.83. The molecule has 0 saturated carbocycles. The zero-order chi connectivity index (χ0) is 28.5. The molecule has 2 aromatic carbocycles. The van der Waals surface area contributed by atoms with Gasteiger partial charge in [0.15, 0.2) is 0 Å². The highest BCUT2D eigenvalue weighted by atomic mass is 35.5. The fraction of sp³-hybridized carbons (Fsp3) is 0.500. The molecule has 3 aliphatic rings. The molecule has 8 heteroatoms. The van der Waals surface area contributed by atoms with E-state index < -0.39 is 11.7 Å². The molecule has 0 bridgehead atoms. The summed E-state index contributed by atoms with van der Waals surface area (Å²) in [7, 11) is 0. The van der Waals surface area contributed by atoms with Crippen LogP contribution >= 0.6 is 23.4 Å². The molecule has 0 aromatic heterocycles. The Labute approximate surface area is 246 Å². The van der Waals surface area contributed by atoms with Crippen LogP contribution in [-0.4, -0.2) is 60.6 Å². The second kappa shape index (κ2) is 12.0. The number of hydrogen-bond donors (Lipinski definition) is 0. The number of anilines is 1. The van der Waals surface area contributed by atoms with Gasteiger partial charge in [0, 0.05) is 64.2 Å². The van der Waals surface area contributed by atoms with Crippen molar-refractivity contribution in [2.24, 2.45) is 0 Å². The topological polar surface area (TPSA) is 9.72 Å². The third kappa shape index (κ3) is 5.79. The maximum Gasteiger partial charge on any atom is 0.417 e. The Morgan fingerprint density at radius 3 is 2.42 bits per heavy atom. The van der Waals surface area contributed by atoms with Gasteiger partial charge in [-0.25, -0.2) is 0 Å². The molecule has 216 valence electrons. The molecule has 2 fully saturated rings. The summed E-state index contributed by atoms with van der Waals surface area (Å²) in [6, 6.07) is 11.0. The fourth-order valence-corrected chi connectivity index (χ4v) is 7.70. The van der Waals surface area contributed by atoms with Crippen molar-refractivity contribution in [2.75, 3.05) is 55.7 Å². The van der Waals surface area contributed by atoms with Crippen molar-refractivity contribution in [2.45, 2.75) is 50.6 Å². The van der Waals surface area contributed by atoms with Crippen molar-refractivity contribution in [3.8, 4) is 0 Å². The van der Waals surface area contributed by atoms with Crippen molar-refractivity contribution < 1.29 is 13.2 Å². The zero-order valence-corrected chi connectivity index (χ0v) is 24.9. The Morgan fingerprint density at radius 1 is 1.02 bits per heavy atom. The van der Waals surface area contributed by atoms with Gasteiger partial charge in [0.1, 0.15) is 0 Å². The van der Waals surface area contributed by atoms with Gasteiger partial charge < -0.3 is 14.7 Å². The van der Waals surface area contributed by atoms with Crippen LogP contribution in [-0.2, 0) is 18.0 Å². The molecule has 0 atom stereocenters. The standard InChI is InChI=1S/C32H39ClF3N3S/c1-4-13-39-24(3)31(29-22-26(33)8-10-30(29)39)11-15-37(16-12-31)14-5-6-25-7-9-27(28(21-25)32(34,35)36)23(2)38-17-19-40-20-18-38/h7-10,21-22H,2-6,11-20H2,1H3. The Balaban J connectivity index is 1.21. The number of halogens is 4. The second-order valence-corrected chi connectivity index (χ2v) is 12.9. The smallest absolute Gasteiger partial charge is 0.370 e. The van der Waals surface area contributed by atoms with Crippen LogP contribution in [0, 0.1) is 0 Å². The van der Waals surface area contributed by atoms with Crippen LogP contribution in [0.2, 0.25) is 5.02 Å². The summed E-state index contributed by atoms with van der Waals surface area (Å²) in [5.41, 5.74) is 4.47. The molecule has 3 heterocycles. The molecule has 2 aromatic rings. The molecule has 3 aliphatic heterocycles. The molecule has 1 spiro atoms. The van der Waals surface area contributed by atoms with Crippen LogP contribution in [0.3, 0.4) is 0 Å². The number of rotatable bonds is 8. The summed E-state index contributed by atoms with van der Waals surface area (Å²) in [6.45, 7) is 15.9. The summed E-state index contributed by atoms with van der Waals surface area (Å²) in [5.74, 6) is 1.84. The second-order valence-electron chi connectivity index (χ2n) is 11.2. The van der Waals surface area contributed by atoms with Gasteiger partial charge in [-0.2, -0.15) is 24.9 Å². The molecule has 5 rings (SSSR count). The van der Waals surface area contributed by atoms with Crippen LogP contribution in [0.15, 0.2) is 55.3 Å². The molecule has 2 saturated heterocycles. The van der Waals surface area contributed by atoms with E-state index in [9.17, 15) is 13.2 Å². The number of nitrogens with zero attached hydrogens (tertiary/aromatic N) is 3. The molecule has 40 heavy (non-hydrogen) atoms. The highest BCUT2D eigenvalue weighted by molar-refractivity contribution is 7.99. The minimum atomic E-state index is -4.41. The molecular formula is C32H39ClF3N3S. The lowest BCUT2D eigenvalue weighted by Crippen LogP contribution is -2.44. The van der Waals surface area contributed by atoms with E-state index in [1.807, 2.05) is 28.8 Å². The van der Waals surface area contributed by atoms with Crippen LogP contribution in [0.1, 0.15) is 54.9 Å². The average Bonchev–Trinajstić information content (AvgIpc) is 3.16. The van der Waals surface area contributed by atoms with E-state index in [0.717, 1.165) is 87.0 Å². The number of fused-ring (bicyclic) bond motifs is 2. The van der Waals surface area contributed by atoms with Gasteiger partial charge in [-0.1, -0.05) is 43.8 Å². The van der Waals surface area contributed by atoms with Crippen molar-refractivity contribution in [3.63, 3.8) is 0 Å². The van der Waals surface area contributed by atoms with Crippen LogP contribution in [0.5, 0.6) is 0 Å². The summed E-state index contributed by atoms with van der Waals surface area (Å²) in [4.78, 5) is 6.79. The molecule has 3 nitrogen and oxygen atoms in total. The van der Waals surface area contributed by atoms with Crippen molar-refractivity contribution in [3.05, 3.63) is 82.5 Å². The quantitative estimate of drug-likeness (QED) is 0.308. The van der Waals surface area contributed by atoms with Crippen LogP contribution < -0.4 is 4.90 Å². The van der Waals surface area contributed by atoms with Gasteiger partial charge in [-0.15, -0.1) is 0 Å². The largest absolute Gasteiger partial charge is 0.417 e. The van der Waals surface area contributed by atoms with Gasteiger partial charge in [0.05, 0.1) is 5.56 Å². The number of aryl methyl sites for hydroxylation is 1. The molecule has 0 amide bonds. The number of thioether (sulfide) groups is 1. The van der Waals surface area contributed by atoms with E-state index in [2.05, 4.69) is 42.0 Å². The Morgan fingerprint density at radius 2 is 1.75 bits per heavy atom. The van der Waals surface area contributed by atoms with E-state index in [-0.39, 0.29) is 11.0 Å². The normalized spacial score (nSPS) is 19.4. The van der Waals surface area contributed by atoms with Crippen molar-refractivity contribution in [1.29, 1.82) is 0 Å². The predicted molar refractivity (Wildman–Crippen MR) is 163 cm³/mol. The minimum absolute atomic E-state index is 0.0845. The first-order valence-electron chi connectivity index (χ1n) is 14.4. The highest BCUT2D eigenvalue weighted by Crippen LogP contribution is 2.53. The molecule has 0 radical (unpaired) electrons. The minimum Gasteiger partial charge on any atom is -0.370 e. The molecular weight excluding hydrogens is 551 g/mol. The predicted octanol–water partition coefficient (Wildman–Crippen LogP) is 8.09. The Kier molecular flexibility index (Phi) is 8.84. The van der Waals surface area contributed by atoms with Crippen LogP contribution in [0.4, 0.5) is 18.9 Å². The van der Waals surface area contributed by atoms with E-state index in [1.54, 1.807) is 6.07 Å². The number of benzene rings is 2. The van der Waals surface area contributed by atoms with Crippen molar-refractivity contribution >= 4 is 34.7 Å². The first-order valence-corrected chi connectivity index (χ1v) is 15.9. The SMILES string of the molecule is C=C(c1ccc(CCCN2CCC3(CC2)C(=C)N(CCC)c2ccc(Cl)cc23)cc1C(F)(F)F)N1CCSCC1. The third-order valence-corrected chi connectivity index (χ3v) is 10.0. The Bertz CT molecular complexity index is 1250. The van der Waals surface area contributed by atoms with E-state index in [1.165, 1.54) is 23.0 Å². The van der Waals surface area contributed by atoms with Gasteiger partial charge >= 0.3 is 6.18 Å². The summed E-state index contributed by atoms with van der Waals surface area (Å²) >= 11 is 8.25. The first kappa shape index (κ1) is 29.4. The number of hydrogen-bond acceptors (Lipinski definition) is 4. The van der Waals surface area contributed by atoms with E-state index >= 15 is 0 Å². The molecule has 0 aliphatic carbocycles. The van der Waals surface area contributed by atoms with E-state index in [4.69, 9.17) is 11.6 Å². The van der Waals surface area contributed by atoms with Gasteiger partial charge in [-0.3, -0.25) is 0 Å². The lowest BCUT2D eigenvalue weighted by atomic mass is 9.72. The fourth-order valence-electron chi connectivity index (χ4n) is 6.62. The lowest BCUT2D eigenvalue weighted by molar-refractivity contribution is -0.137. The summed E-state index contributed by atoms with van der Waals surface area (Å²) in [5, 5.41) is 0.759. The molecule has 0 unspecified atom stereocenters. The van der Waals surface area contributed by atoms with E-state index in [0.29, 0.717) is 12.1 Å². The Hall–Kier alpha value is -2.09. The number of likely N-dealkylation sites (tertiary alicyclic amines) is 1. The first-order chi connectivity index (χ1) is 19.1. The van der Waals surface area contributed by atoms with Gasteiger partial charge in [0.25, 0.3) is 0 Å². The van der Waals surface area contributed by atoms with Crippen LogP contribution in [0.25, 0.3) is 5.70 Å². The van der Waals surface area contributed by atoms with Gasteiger partial charge in [-0.05, 0) is 87.1 Å². The zero-order valence-electron chi connectivity index (χ0n) is 23.3. The lowest BCUT2D eigenvalue weighted by Gasteiger charge is -2.41. The van der Waals surface area contributed by atoms with Gasteiger partial charge in [0.2, 0.25) is 0 Å². The number of alkyl halides is 3. The summed E-state index contributed by atoms with van der Waals surface area (Å²) < 4.78 is 42.2. The highest BCUT2D eigenvalue weighted by Gasteiger charge is 2.47. The number of allylic oxidation sites excluding steroid dienone is 1. The maximum atomic E-state index is 14.1. The van der Waals surface area contributed by atoms with Crippen molar-refractivity contribution in [1.82, 2.24) is 9.80 Å².